The van der Waals surface area contributed by atoms with Crippen LogP contribution in [0.4, 0.5) is 5.69 Å². The van der Waals surface area contributed by atoms with E-state index in [1.165, 1.54) is 61.9 Å². The molecule has 2 heteroatoms. The van der Waals surface area contributed by atoms with Crippen molar-refractivity contribution in [2.75, 3.05) is 31.1 Å². The van der Waals surface area contributed by atoms with E-state index in [0.717, 1.165) is 6.04 Å². The van der Waals surface area contributed by atoms with Gasteiger partial charge in [-0.2, -0.15) is 0 Å². The van der Waals surface area contributed by atoms with Gasteiger partial charge in [-0.25, -0.2) is 0 Å². The largest absolute Gasteiger partial charge is 0.370 e. The molecule has 1 atom stereocenters. The Balaban J connectivity index is 1.64. The Morgan fingerprint density at radius 1 is 0.850 bits per heavy atom. The minimum absolute atomic E-state index is 0.781. The van der Waals surface area contributed by atoms with E-state index >= 15 is 0 Å². The second kappa shape index (κ2) is 5.10. The monoisotopic (exact) mass is 266 g/mol. The maximum Gasteiger partial charge on any atom is 0.0373 e. The number of benzene rings is 2. The van der Waals surface area contributed by atoms with Gasteiger partial charge in [0, 0.05) is 31.4 Å². The zero-order valence-electron chi connectivity index (χ0n) is 12.0. The highest BCUT2D eigenvalue weighted by Gasteiger charge is 2.28. The van der Waals surface area contributed by atoms with Crippen molar-refractivity contribution in [1.82, 2.24) is 4.90 Å². The van der Waals surface area contributed by atoms with Gasteiger partial charge in [0.15, 0.2) is 0 Å². The van der Waals surface area contributed by atoms with Gasteiger partial charge in [-0.1, -0.05) is 30.3 Å². The Labute approximate surface area is 121 Å². The average Bonchev–Trinajstić information content (AvgIpc) is 2.84. The van der Waals surface area contributed by atoms with Gasteiger partial charge < -0.3 is 4.90 Å². The molecule has 2 aliphatic heterocycles. The van der Waals surface area contributed by atoms with Gasteiger partial charge in [-0.15, -0.1) is 0 Å². The topological polar surface area (TPSA) is 6.48 Å². The Kier molecular flexibility index (Phi) is 3.12. The van der Waals surface area contributed by atoms with Gasteiger partial charge in [0.1, 0.15) is 0 Å². The van der Waals surface area contributed by atoms with Crippen molar-refractivity contribution in [3.05, 3.63) is 42.5 Å². The molecule has 2 saturated heterocycles. The number of anilines is 1. The molecule has 20 heavy (non-hydrogen) atoms. The van der Waals surface area contributed by atoms with Crippen molar-refractivity contribution in [1.29, 1.82) is 0 Å². The molecule has 0 bridgehead atoms. The third-order valence-electron chi connectivity index (χ3n) is 4.90. The molecule has 2 fully saturated rings. The standard InChI is InChI=1S/C18H22N2/c1-2-6-16-13-17(9-8-15(16)5-1)20-12-4-11-19-10-3-7-18(19)14-20/h1-2,5-6,8-9,13,18H,3-4,7,10-12,14H2. The van der Waals surface area contributed by atoms with Crippen LogP contribution in [0.2, 0.25) is 0 Å². The molecular weight excluding hydrogens is 244 g/mol. The SMILES string of the molecule is c1ccc2cc(N3CCCN4CCCC4C3)ccc2c1. The Morgan fingerprint density at radius 2 is 1.70 bits per heavy atom. The molecule has 0 aliphatic carbocycles. The van der Waals surface area contributed by atoms with Crippen molar-refractivity contribution >= 4 is 16.5 Å². The summed E-state index contributed by atoms with van der Waals surface area (Å²) in [4.78, 5) is 5.30. The summed E-state index contributed by atoms with van der Waals surface area (Å²) in [5.74, 6) is 0. The molecule has 0 amide bonds. The molecule has 0 spiro atoms. The van der Waals surface area contributed by atoms with Crippen LogP contribution in [0.1, 0.15) is 19.3 Å². The zero-order chi connectivity index (χ0) is 13.4. The molecule has 4 rings (SSSR count). The van der Waals surface area contributed by atoms with Crippen LogP contribution in [0.5, 0.6) is 0 Å². The van der Waals surface area contributed by atoms with Crippen molar-refractivity contribution in [2.24, 2.45) is 0 Å². The summed E-state index contributed by atoms with van der Waals surface area (Å²) in [6, 6.07) is 16.4. The van der Waals surface area contributed by atoms with Crippen molar-refractivity contribution < 1.29 is 0 Å². The lowest BCUT2D eigenvalue weighted by molar-refractivity contribution is 0.273. The molecule has 1 unspecified atom stereocenters. The van der Waals surface area contributed by atoms with Crippen LogP contribution in [0.3, 0.4) is 0 Å². The van der Waals surface area contributed by atoms with E-state index in [2.05, 4.69) is 52.3 Å². The zero-order valence-corrected chi connectivity index (χ0v) is 12.0. The number of fused-ring (bicyclic) bond motifs is 2. The van der Waals surface area contributed by atoms with E-state index in [1.54, 1.807) is 0 Å². The summed E-state index contributed by atoms with van der Waals surface area (Å²) in [6.07, 6.45) is 4.06. The van der Waals surface area contributed by atoms with E-state index in [-0.39, 0.29) is 0 Å². The summed E-state index contributed by atoms with van der Waals surface area (Å²) in [6.45, 7) is 5.01. The summed E-state index contributed by atoms with van der Waals surface area (Å²) < 4.78 is 0. The third kappa shape index (κ3) is 2.18. The van der Waals surface area contributed by atoms with Crippen LogP contribution >= 0.6 is 0 Å². The molecule has 2 aromatic carbocycles. The lowest BCUT2D eigenvalue weighted by Crippen LogP contribution is -2.36. The molecule has 2 aromatic rings. The van der Waals surface area contributed by atoms with E-state index in [4.69, 9.17) is 0 Å². The molecule has 0 aromatic heterocycles. The Bertz CT molecular complexity index is 607. The van der Waals surface area contributed by atoms with Crippen molar-refractivity contribution in [3.8, 4) is 0 Å². The quantitative estimate of drug-likeness (QED) is 0.779. The summed E-state index contributed by atoms with van der Waals surface area (Å²) in [5.41, 5.74) is 1.40. The first-order chi connectivity index (χ1) is 9.90. The molecule has 0 saturated carbocycles. The first kappa shape index (κ1) is 12.2. The van der Waals surface area contributed by atoms with Crippen LogP contribution in [-0.2, 0) is 0 Å². The van der Waals surface area contributed by atoms with Crippen LogP contribution < -0.4 is 4.90 Å². The van der Waals surface area contributed by atoms with Crippen LogP contribution in [-0.4, -0.2) is 37.1 Å². The van der Waals surface area contributed by atoms with Crippen molar-refractivity contribution in [2.45, 2.75) is 25.3 Å². The van der Waals surface area contributed by atoms with Crippen molar-refractivity contribution in [3.63, 3.8) is 0 Å². The molecule has 0 radical (unpaired) electrons. The Hall–Kier alpha value is -1.54. The highest BCUT2D eigenvalue weighted by Crippen LogP contribution is 2.27. The Morgan fingerprint density at radius 3 is 2.65 bits per heavy atom. The maximum absolute atomic E-state index is 2.70. The number of nitrogens with zero attached hydrogens (tertiary/aromatic N) is 2. The van der Waals surface area contributed by atoms with E-state index in [1.807, 2.05) is 0 Å². The fraction of sp³-hybridized carbons (Fsp3) is 0.444. The second-order valence-corrected chi connectivity index (χ2v) is 6.16. The molecule has 0 N–H and O–H groups in total. The third-order valence-corrected chi connectivity index (χ3v) is 4.90. The fourth-order valence-electron chi connectivity index (χ4n) is 3.81. The maximum atomic E-state index is 2.70. The van der Waals surface area contributed by atoms with E-state index in [0.29, 0.717) is 0 Å². The van der Waals surface area contributed by atoms with Gasteiger partial charge in [0.05, 0.1) is 0 Å². The smallest absolute Gasteiger partial charge is 0.0373 e. The lowest BCUT2D eigenvalue weighted by Gasteiger charge is -2.27. The van der Waals surface area contributed by atoms with Gasteiger partial charge in [0.25, 0.3) is 0 Å². The highest BCUT2D eigenvalue weighted by molar-refractivity contribution is 5.85. The van der Waals surface area contributed by atoms with E-state index in [9.17, 15) is 0 Å². The van der Waals surface area contributed by atoms with Crippen LogP contribution in [0, 0.1) is 0 Å². The predicted octanol–water partition coefficient (Wildman–Crippen LogP) is 3.51. The normalized spacial score (nSPS) is 23.8. The number of hydrogen-bond acceptors (Lipinski definition) is 2. The molecule has 2 heterocycles. The molecule has 104 valence electrons. The van der Waals surface area contributed by atoms with Crippen LogP contribution in [0.15, 0.2) is 42.5 Å². The number of rotatable bonds is 1. The fourth-order valence-corrected chi connectivity index (χ4v) is 3.81. The number of hydrogen-bond donors (Lipinski definition) is 0. The average molecular weight is 266 g/mol. The van der Waals surface area contributed by atoms with Crippen LogP contribution in [0.25, 0.3) is 10.8 Å². The van der Waals surface area contributed by atoms with E-state index < -0.39 is 0 Å². The predicted molar refractivity (Wildman–Crippen MR) is 85.4 cm³/mol. The minimum Gasteiger partial charge on any atom is -0.370 e. The molecular formula is C18H22N2. The summed E-state index contributed by atoms with van der Waals surface area (Å²) in [7, 11) is 0. The van der Waals surface area contributed by atoms with Gasteiger partial charge >= 0.3 is 0 Å². The second-order valence-electron chi connectivity index (χ2n) is 6.16. The van der Waals surface area contributed by atoms with Gasteiger partial charge in [0.2, 0.25) is 0 Å². The highest BCUT2D eigenvalue weighted by atomic mass is 15.3. The minimum atomic E-state index is 0.781. The molecule has 2 aliphatic rings. The lowest BCUT2D eigenvalue weighted by atomic mass is 10.1. The first-order valence-electron chi connectivity index (χ1n) is 7.88. The summed E-state index contributed by atoms with van der Waals surface area (Å²) in [5, 5.41) is 2.70. The van der Waals surface area contributed by atoms with Gasteiger partial charge in [-0.05, 0) is 48.7 Å². The van der Waals surface area contributed by atoms with Gasteiger partial charge in [-0.3, -0.25) is 4.90 Å². The molecule has 2 nitrogen and oxygen atoms in total. The summed E-state index contributed by atoms with van der Waals surface area (Å²) >= 11 is 0. The first-order valence-corrected chi connectivity index (χ1v) is 7.88.